The number of piperidine rings is 1. The Morgan fingerprint density at radius 1 is 1.56 bits per heavy atom. The van der Waals surface area contributed by atoms with Crippen molar-refractivity contribution < 1.29 is 4.39 Å². The molecule has 4 heteroatoms. The highest BCUT2D eigenvalue weighted by Gasteiger charge is 2.26. The van der Waals surface area contributed by atoms with Gasteiger partial charge in [0.2, 0.25) is 0 Å². The Labute approximate surface area is 107 Å². The van der Waals surface area contributed by atoms with Crippen molar-refractivity contribution in [3.63, 3.8) is 0 Å². The van der Waals surface area contributed by atoms with Crippen molar-refractivity contribution >= 4 is 5.69 Å². The fourth-order valence-electron chi connectivity index (χ4n) is 2.53. The smallest absolute Gasteiger partial charge is 0.147 e. The van der Waals surface area contributed by atoms with Gasteiger partial charge in [0, 0.05) is 19.1 Å². The van der Waals surface area contributed by atoms with Crippen molar-refractivity contribution in [2.75, 3.05) is 18.0 Å². The van der Waals surface area contributed by atoms with Gasteiger partial charge in [0.05, 0.1) is 17.3 Å². The minimum absolute atomic E-state index is 0.215. The second-order valence-electron chi connectivity index (χ2n) is 4.84. The summed E-state index contributed by atoms with van der Waals surface area (Å²) in [6.45, 7) is 3.68. The van der Waals surface area contributed by atoms with Crippen molar-refractivity contribution in [1.82, 2.24) is 0 Å². The van der Waals surface area contributed by atoms with E-state index in [0.29, 0.717) is 17.2 Å². The number of rotatable bonds is 2. The first-order valence-corrected chi connectivity index (χ1v) is 6.36. The van der Waals surface area contributed by atoms with E-state index in [2.05, 4.69) is 6.92 Å². The van der Waals surface area contributed by atoms with Crippen LogP contribution < -0.4 is 10.6 Å². The van der Waals surface area contributed by atoms with Gasteiger partial charge in [-0.25, -0.2) is 4.39 Å². The highest BCUT2D eigenvalue weighted by atomic mass is 19.1. The lowest BCUT2D eigenvalue weighted by Crippen LogP contribution is -2.47. The molecule has 1 aliphatic rings. The van der Waals surface area contributed by atoms with Crippen LogP contribution in [-0.4, -0.2) is 19.1 Å². The van der Waals surface area contributed by atoms with Gasteiger partial charge in [-0.3, -0.25) is 0 Å². The predicted octanol–water partition coefficient (Wildman–Crippen LogP) is 2.26. The molecule has 2 unspecified atom stereocenters. The maximum atomic E-state index is 13.9. The molecule has 1 saturated heterocycles. The minimum atomic E-state index is -0.320. The minimum Gasteiger partial charge on any atom is -0.369 e. The Bertz CT molecular complexity index is 467. The molecule has 0 aliphatic carbocycles. The third-order valence-electron chi connectivity index (χ3n) is 3.73. The van der Waals surface area contributed by atoms with E-state index in [1.165, 1.54) is 6.07 Å². The molecule has 1 aromatic rings. The van der Waals surface area contributed by atoms with E-state index in [9.17, 15) is 4.39 Å². The first kappa shape index (κ1) is 12.8. The van der Waals surface area contributed by atoms with Gasteiger partial charge in [0.1, 0.15) is 5.82 Å². The van der Waals surface area contributed by atoms with Crippen LogP contribution in [0.1, 0.15) is 25.3 Å². The highest BCUT2D eigenvalue weighted by Crippen LogP contribution is 2.27. The lowest BCUT2D eigenvalue weighted by Gasteiger charge is -2.38. The van der Waals surface area contributed by atoms with E-state index in [0.717, 1.165) is 25.9 Å². The van der Waals surface area contributed by atoms with Crippen LogP contribution in [0.2, 0.25) is 0 Å². The van der Waals surface area contributed by atoms with Crippen LogP contribution in [0.15, 0.2) is 18.2 Å². The normalized spacial score (nSPS) is 23.8. The van der Waals surface area contributed by atoms with Crippen LogP contribution in [0.25, 0.3) is 0 Å². The standard InChI is InChI=1S/C14H18FN3/c1-2-11-9-18(6-5-13(11)17)14-4-3-10(8-16)7-12(14)15/h3-4,7,11,13H,2,5-6,9,17H2,1H3. The molecule has 1 heterocycles. The van der Waals surface area contributed by atoms with Gasteiger partial charge in [0.15, 0.2) is 0 Å². The molecule has 1 fully saturated rings. The number of anilines is 1. The molecule has 2 N–H and O–H groups in total. The molecule has 1 aromatic carbocycles. The Balaban J connectivity index is 2.20. The number of hydrogen-bond donors (Lipinski definition) is 1. The van der Waals surface area contributed by atoms with E-state index in [1.807, 2.05) is 11.0 Å². The van der Waals surface area contributed by atoms with Gasteiger partial charge in [-0.1, -0.05) is 13.3 Å². The predicted molar refractivity (Wildman–Crippen MR) is 69.7 cm³/mol. The quantitative estimate of drug-likeness (QED) is 0.872. The molecule has 1 aliphatic heterocycles. The number of nitrogens with zero attached hydrogens (tertiary/aromatic N) is 2. The highest BCUT2D eigenvalue weighted by molar-refractivity contribution is 5.51. The number of hydrogen-bond acceptors (Lipinski definition) is 3. The summed E-state index contributed by atoms with van der Waals surface area (Å²) < 4.78 is 13.9. The second kappa shape index (κ2) is 5.36. The fourth-order valence-corrected chi connectivity index (χ4v) is 2.53. The number of nitrogens with two attached hydrogens (primary N) is 1. The Hall–Kier alpha value is -1.60. The van der Waals surface area contributed by atoms with Crippen molar-refractivity contribution in [3.05, 3.63) is 29.6 Å². The van der Waals surface area contributed by atoms with E-state index < -0.39 is 0 Å². The van der Waals surface area contributed by atoms with Crippen molar-refractivity contribution in [2.24, 2.45) is 11.7 Å². The average Bonchev–Trinajstić information content (AvgIpc) is 2.39. The summed E-state index contributed by atoms with van der Waals surface area (Å²) in [6, 6.07) is 6.81. The van der Waals surface area contributed by atoms with Crippen molar-refractivity contribution in [2.45, 2.75) is 25.8 Å². The van der Waals surface area contributed by atoms with Crippen LogP contribution in [0.4, 0.5) is 10.1 Å². The molecule has 0 saturated carbocycles. The maximum absolute atomic E-state index is 13.9. The van der Waals surface area contributed by atoms with Crippen LogP contribution >= 0.6 is 0 Å². The molecular formula is C14H18FN3. The molecule has 0 bridgehead atoms. The summed E-state index contributed by atoms with van der Waals surface area (Å²) in [4.78, 5) is 2.04. The Kier molecular flexibility index (Phi) is 3.83. The zero-order valence-corrected chi connectivity index (χ0v) is 10.6. The molecule has 96 valence electrons. The largest absolute Gasteiger partial charge is 0.369 e. The van der Waals surface area contributed by atoms with E-state index in [1.54, 1.807) is 12.1 Å². The summed E-state index contributed by atoms with van der Waals surface area (Å²) in [7, 11) is 0. The lowest BCUT2D eigenvalue weighted by atomic mass is 9.90. The molecule has 3 nitrogen and oxygen atoms in total. The van der Waals surface area contributed by atoms with Gasteiger partial charge in [0.25, 0.3) is 0 Å². The summed E-state index contributed by atoms with van der Waals surface area (Å²) in [5.74, 6) is 0.0909. The zero-order chi connectivity index (χ0) is 13.1. The second-order valence-corrected chi connectivity index (χ2v) is 4.84. The molecule has 0 radical (unpaired) electrons. The number of benzene rings is 1. The van der Waals surface area contributed by atoms with Gasteiger partial charge < -0.3 is 10.6 Å². The Morgan fingerprint density at radius 2 is 2.33 bits per heavy atom. The molecule has 2 rings (SSSR count). The molecule has 0 aromatic heterocycles. The monoisotopic (exact) mass is 247 g/mol. The summed E-state index contributed by atoms with van der Waals surface area (Å²) in [5.41, 5.74) is 6.99. The van der Waals surface area contributed by atoms with Crippen molar-refractivity contribution in [3.8, 4) is 6.07 Å². The van der Waals surface area contributed by atoms with Gasteiger partial charge in [-0.15, -0.1) is 0 Å². The van der Waals surface area contributed by atoms with Gasteiger partial charge in [-0.05, 0) is 30.5 Å². The van der Waals surface area contributed by atoms with Crippen LogP contribution in [0.3, 0.4) is 0 Å². The third kappa shape index (κ3) is 2.46. The average molecular weight is 247 g/mol. The topological polar surface area (TPSA) is 53.0 Å². The zero-order valence-electron chi connectivity index (χ0n) is 10.6. The summed E-state index contributed by atoms with van der Waals surface area (Å²) >= 11 is 0. The molecule has 18 heavy (non-hydrogen) atoms. The summed E-state index contributed by atoms with van der Waals surface area (Å²) in [6.07, 6.45) is 1.90. The van der Waals surface area contributed by atoms with E-state index in [4.69, 9.17) is 11.0 Å². The van der Waals surface area contributed by atoms with Crippen LogP contribution in [-0.2, 0) is 0 Å². The fraction of sp³-hybridized carbons (Fsp3) is 0.500. The molecular weight excluding hydrogens is 229 g/mol. The van der Waals surface area contributed by atoms with E-state index >= 15 is 0 Å². The van der Waals surface area contributed by atoms with Crippen molar-refractivity contribution in [1.29, 1.82) is 5.26 Å². The Morgan fingerprint density at radius 3 is 2.94 bits per heavy atom. The summed E-state index contributed by atoms with van der Waals surface area (Å²) in [5, 5.41) is 8.73. The molecule has 0 amide bonds. The first-order chi connectivity index (χ1) is 8.65. The van der Waals surface area contributed by atoms with E-state index in [-0.39, 0.29) is 11.9 Å². The van der Waals surface area contributed by atoms with Gasteiger partial charge in [-0.2, -0.15) is 5.26 Å². The van der Waals surface area contributed by atoms with Crippen LogP contribution in [0, 0.1) is 23.1 Å². The number of nitriles is 1. The maximum Gasteiger partial charge on any atom is 0.147 e. The van der Waals surface area contributed by atoms with Crippen LogP contribution in [0.5, 0.6) is 0 Å². The lowest BCUT2D eigenvalue weighted by molar-refractivity contribution is 0.346. The molecule has 2 atom stereocenters. The molecule has 0 spiro atoms. The SMILES string of the molecule is CCC1CN(c2ccc(C#N)cc2F)CCC1N. The first-order valence-electron chi connectivity index (χ1n) is 6.36. The third-order valence-corrected chi connectivity index (χ3v) is 3.73. The van der Waals surface area contributed by atoms with Gasteiger partial charge >= 0.3 is 0 Å². The number of halogens is 1.